The van der Waals surface area contributed by atoms with Crippen LogP contribution in [0, 0.1) is 17.5 Å². The highest BCUT2D eigenvalue weighted by Gasteiger charge is 2.32. The van der Waals surface area contributed by atoms with Gasteiger partial charge in [-0.3, -0.25) is 4.79 Å². The van der Waals surface area contributed by atoms with E-state index in [1.807, 2.05) is 0 Å². The quantitative estimate of drug-likeness (QED) is 0.182. The van der Waals surface area contributed by atoms with Gasteiger partial charge in [0.25, 0.3) is 0 Å². The van der Waals surface area contributed by atoms with Gasteiger partial charge in [0.1, 0.15) is 36.6 Å². The van der Waals surface area contributed by atoms with Crippen molar-refractivity contribution in [3.8, 4) is 0 Å². The molecule has 1 saturated heterocycles. The molecule has 0 bridgehead atoms. The Kier molecular flexibility index (Phi) is 15.1. The van der Waals surface area contributed by atoms with Gasteiger partial charge in [-0.1, -0.05) is 30.3 Å². The van der Waals surface area contributed by atoms with Crippen molar-refractivity contribution in [2.75, 3.05) is 31.6 Å². The molecule has 47 heavy (non-hydrogen) atoms. The fourth-order valence-electron chi connectivity index (χ4n) is 5.02. The number of rotatable bonds is 12. The topological polar surface area (TPSA) is 115 Å². The summed E-state index contributed by atoms with van der Waals surface area (Å²) in [6.07, 6.45) is -5.59. The first-order valence-electron chi connectivity index (χ1n) is 14.1. The summed E-state index contributed by atoms with van der Waals surface area (Å²) in [5.74, 6) is -3.07. The van der Waals surface area contributed by atoms with Crippen molar-refractivity contribution in [3.05, 3.63) is 101 Å². The number of carbonyl (C=O) groups is 2. The van der Waals surface area contributed by atoms with Crippen LogP contribution in [0.2, 0.25) is 0 Å². The van der Waals surface area contributed by atoms with E-state index >= 15 is 4.39 Å². The highest BCUT2D eigenvalue weighted by atomic mass is 35.5. The van der Waals surface area contributed by atoms with Crippen LogP contribution in [-0.2, 0) is 20.7 Å². The average molecular weight is 712 g/mol. The maximum atomic E-state index is 15.1. The number of carbonyl (C=O) groups excluding carboxylic acids is 2. The standard InChI is InChI=1S/C31H32F6N4O4.2ClH/c32-20-8-4-18(5-9-20)27(19-6-10-21(33)11-7-19)28(29(38)42)41-26-3-1-2-25(34)24(26)13-12-23-14-39-22(15-44-23)16-45-30(43)40-17-31(35,36)37;;/h1-11,22-23,27-28,39,41H,12-17H2,(H2,38,42)(H,40,43);2*1H/t22-,23+,28-;;/m0../s1. The summed E-state index contributed by atoms with van der Waals surface area (Å²) in [5.41, 5.74) is 7.44. The third-order valence-corrected chi connectivity index (χ3v) is 7.26. The van der Waals surface area contributed by atoms with Crippen LogP contribution in [0.15, 0.2) is 66.7 Å². The van der Waals surface area contributed by atoms with Gasteiger partial charge >= 0.3 is 12.3 Å². The molecule has 5 N–H and O–H groups in total. The minimum Gasteiger partial charge on any atom is -0.448 e. The Balaban J connectivity index is 0.00000384. The molecule has 0 aromatic heterocycles. The van der Waals surface area contributed by atoms with Gasteiger partial charge in [-0.15, -0.1) is 24.8 Å². The number of alkyl halides is 3. The van der Waals surface area contributed by atoms with Gasteiger partial charge in [-0.2, -0.15) is 13.2 Å². The van der Waals surface area contributed by atoms with Crippen LogP contribution >= 0.6 is 24.8 Å². The number of hydrogen-bond donors (Lipinski definition) is 4. The second kappa shape index (κ2) is 18.0. The SMILES string of the molecule is Cl.Cl.NC(=O)[C@@H](Nc1cccc(F)c1CC[C@@H]1CN[C@H](COC(=O)NCC(F)(F)F)CO1)C(c1ccc(F)cc1)c1ccc(F)cc1. The molecule has 4 rings (SSSR count). The molecule has 0 unspecified atom stereocenters. The number of benzene rings is 3. The highest BCUT2D eigenvalue weighted by Crippen LogP contribution is 2.32. The van der Waals surface area contributed by atoms with Crippen molar-refractivity contribution < 1.29 is 45.4 Å². The predicted molar refractivity (Wildman–Crippen MR) is 167 cm³/mol. The Morgan fingerprint density at radius 3 is 2.06 bits per heavy atom. The number of anilines is 1. The number of alkyl carbamates (subject to hydrolysis) is 1. The average Bonchev–Trinajstić information content (AvgIpc) is 3.00. The Bertz CT molecular complexity index is 1400. The van der Waals surface area contributed by atoms with Crippen molar-refractivity contribution in [1.29, 1.82) is 0 Å². The summed E-state index contributed by atoms with van der Waals surface area (Å²) < 4.78 is 89.9. The lowest BCUT2D eigenvalue weighted by molar-refractivity contribution is -0.124. The molecule has 3 atom stereocenters. The van der Waals surface area contributed by atoms with Gasteiger partial charge in [0.15, 0.2) is 0 Å². The molecule has 3 aromatic rings. The van der Waals surface area contributed by atoms with E-state index in [1.165, 1.54) is 60.7 Å². The van der Waals surface area contributed by atoms with E-state index in [0.29, 0.717) is 29.8 Å². The number of amides is 2. The number of morpholine rings is 1. The molecule has 0 saturated carbocycles. The summed E-state index contributed by atoms with van der Waals surface area (Å²) in [6.45, 7) is -1.32. The van der Waals surface area contributed by atoms with Crippen molar-refractivity contribution in [3.63, 3.8) is 0 Å². The van der Waals surface area contributed by atoms with Gasteiger partial charge in [0, 0.05) is 23.7 Å². The number of nitrogens with one attached hydrogen (secondary N) is 3. The molecular weight excluding hydrogens is 677 g/mol. The summed E-state index contributed by atoms with van der Waals surface area (Å²) in [7, 11) is 0. The van der Waals surface area contributed by atoms with Crippen molar-refractivity contribution in [2.24, 2.45) is 5.73 Å². The third-order valence-electron chi connectivity index (χ3n) is 7.26. The molecule has 258 valence electrons. The lowest BCUT2D eigenvalue weighted by Crippen LogP contribution is -2.49. The smallest absolute Gasteiger partial charge is 0.407 e. The lowest BCUT2D eigenvalue weighted by atomic mass is 9.84. The number of hydrogen-bond acceptors (Lipinski definition) is 6. The molecule has 8 nitrogen and oxygen atoms in total. The first kappa shape index (κ1) is 39.5. The number of primary amides is 1. The second-order valence-electron chi connectivity index (χ2n) is 10.5. The molecule has 0 spiro atoms. The van der Waals surface area contributed by atoms with Crippen LogP contribution in [0.4, 0.5) is 36.8 Å². The maximum absolute atomic E-state index is 15.1. The van der Waals surface area contributed by atoms with Crippen molar-refractivity contribution in [2.45, 2.75) is 43.1 Å². The predicted octanol–water partition coefficient (Wildman–Crippen LogP) is 5.62. The Morgan fingerprint density at radius 2 is 1.55 bits per heavy atom. The number of halogens is 8. The van der Waals surface area contributed by atoms with Gasteiger partial charge in [0.05, 0.1) is 18.8 Å². The van der Waals surface area contributed by atoms with E-state index in [4.69, 9.17) is 15.2 Å². The van der Waals surface area contributed by atoms with E-state index < -0.39 is 60.2 Å². The molecule has 1 heterocycles. The zero-order chi connectivity index (χ0) is 32.6. The highest BCUT2D eigenvalue weighted by molar-refractivity contribution is 5.86. The largest absolute Gasteiger partial charge is 0.448 e. The minimum atomic E-state index is -4.56. The molecule has 3 aromatic carbocycles. The first-order valence-corrected chi connectivity index (χ1v) is 14.1. The number of ether oxygens (including phenoxy) is 2. The fraction of sp³-hybridized carbons (Fsp3) is 0.355. The minimum absolute atomic E-state index is 0. The fourth-order valence-corrected chi connectivity index (χ4v) is 5.02. The molecule has 1 aliphatic heterocycles. The Hall–Kier alpha value is -3.72. The number of nitrogens with two attached hydrogens (primary N) is 1. The van der Waals surface area contributed by atoms with Crippen molar-refractivity contribution in [1.82, 2.24) is 10.6 Å². The summed E-state index contributed by atoms with van der Waals surface area (Å²) >= 11 is 0. The van der Waals surface area contributed by atoms with E-state index in [2.05, 4.69) is 10.6 Å². The third kappa shape index (κ3) is 11.8. The monoisotopic (exact) mass is 710 g/mol. The van der Waals surface area contributed by atoms with Crippen LogP contribution < -0.4 is 21.7 Å². The molecule has 2 amide bonds. The van der Waals surface area contributed by atoms with Crippen LogP contribution in [0.25, 0.3) is 0 Å². The second-order valence-corrected chi connectivity index (χ2v) is 10.5. The molecule has 16 heteroatoms. The molecule has 1 fully saturated rings. The molecular formula is C31H34Cl2F6N4O4. The summed E-state index contributed by atoms with van der Waals surface area (Å²) in [5, 5.41) is 7.78. The van der Waals surface area contributed by atoms with Crippen molar-refractivity contribution >= 4 is 42.5 Å². The van der Waals surface area contributed by atoms with Crippen LogP contribution in [-0.4, -0.2) is 62.7 Å². The van der Waals surface area contributed by atoms with Gasteiger partial charge < -0.3 is 31.2 Å². The van der Waals surface area contributed by atoms with E-state index in [9.17, 15) is 31.5 Å². The van der Waals surface area contributed by atoms with Gasteiger partial charge in [0.2, 0.25) is 5.91 Å². The zero-order valence-electron chi connectivity index (χ0n) is 24.7. The maximum Gasteiger partial charge on any atom is 0.407 e. The molecule has 0 aliphatic carbocycles. The molecule has 1 aliphatic rings. The summed E-state index contributed by atoms with van der Waals surface area (Å²) in [4.78, 5) is 24.3. The normalized spacial score (nSPS) is 16.7. The van der Waals surface area contributed by atoms with Crippen LogP contribution in [0.1, 0.15) is 29.0 Å². The van der Waals surface area contributed by atoms with Gasteiger partial charge in [-0.25, -0.2) is 18.0 Å². The van der Waals surface area contributed by atoms with Crippen LogP contribution in [0.5, 0.6) is 0 Å². The van der Waals surface area contributed by atoms with Gasteiger partial charge in [-0.05, 0) is 60.4 Å². The van der Waals surface area contributed by atoms with E-state index in [0.717, 1.165) is 0 Å². The Morgan fingerprint density at radius 1 is 0.957 bits per heavy atom. The Labute approximate surface area is 279 Å². The first-order chi connectivity index (χ1) is 21.4. The van der Waals surface area contributed by atoms with Crippen LogP contribution in [0.3, 0.4) is 0 Å². The zero-order valence-corrected chi connectivity index (χ0v) is 26.3. The summed E-state index contributed by atoms with van der Waals surface area (Å²) in [6, 6.07) is 13.7. The molecule has 0 radical (unpaired) electrons. The lowest BCUT2D eigenvalue weighted by Gasteiger charge is -2.31. The van der Waals surface area contributed by atoms with E-state index in [1.54, 1.807) is 11.4 Å². The van der Waals surface area contributed by atoms with E-state index in [-0.39, 0.29) is 56.1 Å².